The van der Waals surface area contributed by atoms with Crippen LogP contribution in [0.3, 0.4) is 0 Å². The zero-order valence-corrected chi connectivity index (χ0v) is 11.8. The third kappa shape index (κ3) is 4.63. The summed E-state index contributed by atoms with van der Waals surface area (Å²) in [5.41, 5.74) is -0.849. The molecule has 4 nitrogen and oxygen atoms in total. The van der Waals surface area contributed by atoms with Gasteiger partial charge in [0.1, 0.15) is 5.82 Å². The summed E-state index contributed by atoms with van der Waals surface area (Å²) in [6.07, 6.45) is 3.44. The molecule has 8 heteroatoms. The molecule has 0 amide bonds. The highest BCUT2D eigenvalue weighted by Gasteiger charge is 2.31. The van der Waals surface area contributed by atoms with Gasteiger partial charge in [-0.05, 0) is 18.9 Å². The molecule has 0 atom stereocenters. The summed E-state index contributed by atoms with van der Waals surface area (Å²) in [6.45, 7) is 1.43. The first kappa shape index (κ1) is 15.6. The Labute approximate surface area is 125 Å². The van der Waals surface area contributed by atoms with Crippen molar-refractivity contribution in [2.24, 2.45) is 0 Å². The molecule has 2 aromatic rings. The lowest BCUT2D eigenvalue weighted by Crippen LogP contribution is -2.09. The van der Waals surface area contributed by atoms with E-state index in [1.807, 2.05) is 10.8 Å². The van der Waals surface area contributed by atoms with Crippen molar-refractivity contribution >= 4 is 17.4 Å². The van der Waals surface area contributed by atoms with E-state index in [4.69, 9.17) is 11.6 Å². The molecule has 0 spiro atoms. The molecule has 2 aromatic heterocycles. The standard InChI is InChI=1S/C13H14ClF3N4/c14-11-7-10(13(15,16)17)8-20-12(11)19-3-1-2-5-21-6-4-18-9-21/h4,6-9H,1-3,5H2,(H,19,20). The van der Waals surface area contributed by atoms with Gasteiger partial charge in [0.25, 0.3) is 0 Å². The largest absolute Gasteiger partial charge is 0.417 e. The Morgan fingerprint density at radius 3 is 2.71 bits per heavy atom. The van der Waals surface area contributed by atoms with Crippen LogP contribution in [-0.4, -0.2) is 21.1 Å². The van der Waals surface area contributed by atoms with Crippen LogP contribution < -0.4 is 5.32 Å². The lowest BCUT2D eigenvalue weighted by molar-refractivity contribution is -0.137. The van der Waals surface area contributed by atoms with E-state index >= 15 is 0 Å². The van der Waals surface area contributed by atoms with Gasteiger partial charge in [-0.1, -0.05) is 11.6 Å². The molecule has 0 fully saturated rings. The molecule has 0 saturated carbocycles. The molecule has 0 radical (unpaired) electrons. The van der Waals surface area contributed by atoms with Crippen molar-refractivity contribution in [1.29, 1.82) is 0 Å². The summed E-state index contributed by atoms with van der Waals surface area (Å²) in [5.74, 6) is 0.271. The third-order valence-corrected chi connectivity index (χ3v) is 3.15. The third-order valence-electron chi connectivity index (χ3n) is 2.86. The van der Waals surface area contributed by atoms with Gasteiger partial charge in [0.2, 0.25) is 0 Å². The van der Waals surface area contributed by atoms with Crippen molar-refractivity contribution < 1.29 is 13.2 Å². The Hall–Kier alpha value is -1.76. The monoisotopic (exact) mass is 318 g/mol. The van der Waals surface area contributed by atoms with Crippen LogP contribution in [0.15, 0.2) is 31.0 Å². The normalized spacial score (nSPS) is 11.6. The number of nitrogens with zero attached hydrogens (tertiary/aromatic N) is 3. The Morgan fingerprint density at radius 1 is 1.29 bits per heavy atom. The van der Waals surface area contributed by atoms with E-state index in [-0.39, 0.29) is 10.8 Å². The summed E-state index contributed by atoms with van der Waals surface area (Å²) in [4.78, 5) is 7.65. The minimum atomic E-state index is -4.43. The topological polar surface area (TPSA) is 42.7 Å². The fourth-order valence-electron chi connectivity index (χ4n) is 1.77. The molecule has 0 aliphatic heterocycles. The molecule has 0 aromatic carbocycles. The van der Waals surface area contributed by atoms with E-state index < -0.39 is 11.7 Å². The van der Waals surface area contributed by atoms with Gasteiger partial charge in [-0.15, -0.1) is 0 Å². The summed E-state index contributed by atoms with van der Waals surface area (Å²) in [7, 11) is 0. The SMILES string of the molecule is FC(F)(F)c1cnc(NCCCCn2ccnc2)c(Cl)c1. The van der Waals surface area contributed by atoms with E-state index in [0.717, 1.165) is 31.6 Å². The van der Waals surface area contributed by atoms with Gasteiger partial charge in [-0.25, -0.2) is 9.97 Å². The summed E-state index contributed by atoms with van der Waals surface area (Å²) >= 11 is 5.79. The predicted octanol–water partition coefficient (Wildman–Crippen LogP) is 3.84. The molecule has 1 N–H and O–H groups in total. The van der Waals surface area contributed by atoms with E-state index in [0.29, 0.717) is 6.54 Å². The number of hydrogen-bond donors (Lipinski definition) is 1. The summed E-state index contributed by atoms with van der Waals surface area (Å²) < 4.78 is 39.3. The van der Waals surface area contributed by atoms with Crippen LogP contribution in [0.4, 0.5) is 19.0 Å². The summed E-state index contributed by atoms with van der Waals surface area (Å²) in [5, 5.41) is 2.91. The van der Waals surface area contributed by atoms with Gasteiger partial charge in [0.05, 0.1) is 16.9 Å². The van der Waals surface area contributed by atoms with Gasteiger partial charge in [0, 0.05) is 31.7 Å². The predicted molar refractivity (Wildman–Crippen MR) is 74.2 cm³/mol. The number of anilines is 1. The van der Waals surface area contributed by atoms with Crippen molar-refractivity contribution in [3.63, 3.8) is 0 Å². The minimum Gasteiger partial charge on any atom is -0.369 e. The average Bonchev–Trinajstić information content (AvgIpc) is 2.92. The number of nitrogens with one attached hydrogen (secondary N) is 1. The van der Waals surface area contributed by atoms with Gasteiger partial charge < -0.3 is 9.88 Å². The van der Waals surface area contributed by atoms with Crippen LogP contribution in [0.1, 0.15) is 18.4 Å². The number of aromatic nitrogens is 3. The molecule has 0 aliphatic carbocycles. The molecule has 21 heavy (non-hydrogen) atoms. The molecule has 0 bridgehead atoms. The molecule has 0 aliphatic rings. The lowest BCUT2D eigenvalue weighted by atomic mass is 10.2. The number of pyridine rings is 1. The number of unbranched alkanes of at least 4 members (excludes halogenated alkanes) is 1. The van der Waals surface area contributed by atoms with Crippen molar-refractivity contribution in [3.8, 4) is 0 Å². The van der Waals surface area contributed by atoms with Gasteiger partial charge in [-0.2, -0.15) is 13.2 Å². The second-order valence-corrected chi connectivity index (χ2v) is 4.89. The number of alkyl halides is 3. The summed E-state index contributed by atoms with van der Waals surface area (Å²) in [6, 6.07) is 0.877. The highest BCUT2D eigenvalue weighted by Crippen LogP contribution is 2.32. The van der Waals surface area contributed by atoms with Crippen LogP contribution in [-0.2, 0) is 12.7 Å². The van der Waals surface area contributed by atoms with E-state index in [2.05, 4.69) is 15.3 Å². The van der Waals surface area contributed by atoms with Crippen molar-refractivity contribution in [1.82, 2.24) is 14.5 Å². The smallest absolute Gasteiger partial charge is 0.369 e. The van der Waals surface area contributed by atoms with Gasteiger partial charge in [-0.3, -0.25) is 0 Å². The number of rotatable bonds is 6. The highest BCUT2D eigenvalue weighted by molar-refractivity contribution is 6.32. The second kappa shape index (κ2) is 6.80. The Kier molecular flexibility index (Phi) is 5.06. The Balaban J connectivity index is 1.78. The molecule has 2 heterocycles. The van der Waals surface area contributed by atoms with Crippen LogP contribution in [0.25, 0.3) is 0 Å². The minimum absolute atomic E-state index is 0.0283. The zero-order chi connectivity index (χ0) is 15.3. The first-order valence-corrected chi connectivity index (χ1v) is 6.77. The number of aryl methyl sites for hydroxylation is 1. The molecular weight excluding hydrogens is 305 g/mol. The van der Waals surface area contributed by atoms with Gasteiger partial charge >= 0.3 is 6.18 Å². The fraction of sp³-hybridized carbons (Fsp3) is 0.385. The van der Waals surface area contributed by atoms with Crippen LogP contribution in [0.5, 0.6) is 0 Å². The van der Waals surface area contributed by atoms with Crippen molar-refractivity contribution in [3.05, 3.63) is 41.6 Å². The first-order valence-electron chi connectivity index (χ1n) is 6.39. The van der Waals surface area contributed by atoms with E-state index in [9.17, 15) is 13.2 Å². The van der Waals surface area contributed by atoms with Crippen molar-refractivity contribution in [2.45, 2.75) is 25.6 Å². The molecule has 2 rings (SSSR count). The number of hydrogen-bond acceptors (Lipinski definition) is 3. The van der Waals surface area contributed by atoms with E-state index in [1.165, 1.54) is 0 Å². The second-order valence-electron chi connectivity index (χ2n) is 4.49. The van der Waals surface area contributed by atoms with Crippen LogP contribution in [0.2, 0.25) is 5.02 Å². The first-order chi connectivity index (χ1) is 9.97. The highest BCUT2D eigenvalue weighted by atomic mass is 35.5. The number of halogens is 4. The fourth-order valence-corrected chi connectivity index (χ4v) is 2.00. The maximum atomic E-state index is 12.5. The van der Waals surface area contributed by atoms with E-state index in [1.54, 1.807) is 12.5 Å². The van der Waals surface area contributed by atoms with Gasteiger partial charge in [0.15, 0.2) is 0 Å². The maximum Gasteiger partial charge on any atom is 0.417 e. The van der Waals surface area contributed by atoms with Crippen LogP contribution in [0, 0.1) is 0 Å². The maximum absolute atomic E-state index is 12.5. The Morgan fingerprint density at radius 2 is 2.10 bits per heavy atom. The lowest BCUT2D eigenvalue weighted by Gasteiger charge is -2.10. The van der Waals surface area contributed by atoms with Crippen molar-refractivity contribution in [2.75, 3.05) is 11.9 Å². The zero-order valence-electron chi connectivity index (χ0n) is 11.1. The van der Waals surface area contributed by atoms with Crippen LogP contribution >= 0.6 is 11.6 Å². The molecule has 0 unspecified atom stereocenters. The molecule has 0 saturated heterocycles. The molecule has 114 valence electrons. The number of imidazole rings is 1. The molecular formula is C13H14ClF3N4. The Bertz CT molecular complexity index is 569. The average molecular weight is 319 g/mol. The quantitative estimate of drug-likeness (QED) is 0.823.